The van der Waals surface area contributed by atoms with Gasteiger partial charge in [0.15, 0.2) is 6.10 Å². The van der Waals surface area contributed by atoms with Crippen molar-refractivity contribution in [3.8, 4) is 0 Å². The molecule has 1 atom stereocenters. The van der Waals surface area contributed by atoms with Crippen LogP contribution in [0.1, 0.15) is 22.8 Å². The summed E-state index contributed by atoms with van der Waals surface area (Å²) in [6, 6.07) is 13.2. The summed E-state index contributed by atoms with van der Waals surface area (Å²) in [7, 11) is -4.84. The molecule has 3 rings (SSSR count). The highest BCUT2D eigenvalue weighted by Gasteiger charge is 2.25. The van der Waals surface area contributed by atoms with Crippen LogP contribution >= 0.6 is 11.3 Å². The topological polar surface area (TPSA) is 139 Å². The molecule has 0 unspecified atom stereocenters. The van der Waals surface area contributed by atoms with E-state index in [2.05, 4.69) is 10.0 Å². The summed E-state index contributed by atoms with van der Waals surface area (Å²) >= 11 is 1.02. The lowest BCUT2D eigenvalue weighted by atomic mass is 10.2. The first-order valence-electron chi connectivity index (χ1n) is 10.5. The number of amides is 1. The van der Waals surface area contributed by atoms with Crippen LogP contribution in [0, 0.1) is 6.92 Å². The van der Waals surface area contributed by atoms with Crippen molar-refractivity contribution in [3.63, 3.8) is 0 Å². The Morgan fingerprint density at radius 1 is 0.972 bits per heavy atom. The number of ether oxygens (including phenoxy) is 1. The molecule has 13 heteroatoms. The summed E-state index contributed by atoms with van der Waals surface area (Å²) < 4.78 is 58.8. The Labute approximate surface area is 214 Å². The average Bonchev–Trinajstić information content (AvgIpc) is 3.36. The van der Waals surface area contributed by atoms with E-state index in [1.807, 2.05) is 0 Å². The van der Waals surface area contributed by atoms with Gasteiger partial charge in [0, 0.05) is 19.8 Å². The van der Waals surface area contributed by atoms with Crippen molar-refractivity contribution in [2.45, 2.75) is 29.1 Å². The van der Waals surface area contributed by atoms with E-state index in [0.717, 1.165) is 15.6 Å². The van der Waals surface area contributed by atoms with Crippen molar-refractivity contribution in [2.75, 3.05) is 24.1 Å². The summed E-state index contributed by atoms with van der Waals surface area (Å²) in [5, 5.41) is 4.19. The van der Waals surface area contributed by atoms with E-state index >= 15 is 0 Å². The second-order valence-electron chi connectivity index (χ2n) is 7.88. The lowest BCUT2D eigenvalue weighted by Crippen LogP contribution is -2.30. The minimum Gasteiger partial charge on any atom is -0.449 e. The maximum Gasteiger partial charge on any atom is 0.341 e. The number of para-hydroxylation sites is 1. The third-order valence-electron chi connectivity index (χ3n) is 5.05. The van der Waals surface area contributed by atoms with Crippen molar-refractivity contribution in [2.24, 2.45) is 0 Å². The lowest BCUT2D eigenvalue weighted by Gasteiger charge is -2.17. The zero-order valence-corrected chi connectivity index (χ0v) is 22.3. The minimum absolute atomic E-state index is 0.000876. The van der Waals surface area contributed by atoms with Gasteiger partial charge in [-0.25, -0.2) is 25.9 Å². The van der Waals surface area contributed by atoms with Crippen molar-refractivity contribution < 1.29 is 31.2 Å². The number of rotatable bonds is 9. The van der Waals surface area contributed by atoms with Crippen molar-refractivity contribution in [3.05, 3.63) is 71.1 Å². The van der Waals surface area contributed by atoms with Crippen LogP contribution in [0.2, 0.25) is 0 Å². The van der Waals surface area contributed by atoms with E-state index in [9.17, 15) is 26.4 Å². The Morgan fingerprint density at radius 3 is 2.31 bits per heavy atom. The number of nitrogens with one attached hydrogen (secondary N) is 2. The van der Waals surface area contributed by atoms with Gasteiger partial charge in [-0.15, -0.1) is 11.3 Å². The second kappa shape index (κ2) is 10.8. The molecule has 36 heavy (non-hydrogen) atoms. The molecule has 1 amide bonds. The van der Waals surface area contributed by atoms with Crippen LogP contribution in [0.15, 0.2) is 69.1 Å². The number of hydrogen-bond donors (Lipinski definition) is 2. The van der Waals surface area contributed by atoms with E-state index in [1.54, 1.807) is 30.5 Å². The first-order chi connectivity index (χ1) is 16.8. The van der Waals surface area contributed by atoms with Crippen LogP contribution in [-0.4, -0.2) is 53.2 Å². The smallest absolute Gasteiger partial charge is 0.341 e. The first-order valence-corrected chi connectivity index (χ1v) is 14.3. The Morgan fingerprint density at radius 2 is 1.67 bits per heavy atom. The molecule has 0 fully saturated rings. The molecule has 2 N–H and O–H groups in total. The fraction of sp³-hybridized carbons (Fsp3) is 0.217. The number of thiophene rings is 1. The molecular weight excluding hydrogens is 526 g/mol. The van der Waals surface area contributed by atoms with Crippen LogP contribution in [-0.2, 0) is 29.6 Å². The number of carbonyl (C=O) groups excluding carboxylic acids is 2. The summed E-state index contributed by atoms with van der Waals surface area (Å²) in [6.07, 6.45) is -1.27. The number of benzene rings is 2. The summed E-state index contributed by atoms with van der Waals surface area (Å²) in [6.45, 7) is 3.04. The van der Waals surface area contributed by atoms with E-state index in [1.165, 1.54) is 57.4 Å². The predicted molar refractivity (Wildman–Crippen MR) is 137 cm³/mol. The molecule has 0 saturated carbocycles. The van der Waals surface area contributed by atoms with Crippen LogP contribution in [0.25, 0.3) is 0 Å². The second-order valence-corrected chi connectivity index (χ2v) is 12.9. The molecule has 0 aliphatic heterocycles. The number of nitrogens with zero attached hydrogens (tertiary/aromatic N) is 1. The number of carbonyl (C=O) groups is 2. The van der Waals surface area contributed by atoms with Gasteiger partial charge < -0.3 is 10.1 Å². The minimum atomic E-state index is -3.91. The van der Waals surface area contributed by atoms with E-state index in [0.29, 0.717) is 5.56 Å². The number of aryl methyl sites for hydroxylation is 1. The maximum absolute atomic E-state index is 12.8. The van der Waals surface area contributed by atoms with E-state index in [-0.39, 0.29) is 26.0 Å². The van der Waals surface area contributed by atoms with Crippen LogP contribution in [0.4, 0.5) is 11.4 Å². The molecule has 3 aromatic rings. The van der Waals surface area contributed by atoms with Crippen molar-refractivity contribution >= 4 is 54.6 Å². The van der Waals surface area contributed by atoms with Crippen LogP contribution in [0.5, 0.6) is 0 Å². The molecule has 1 aromatic heterocycles. The number of anilines is 2. The third-order valence-corrected chi connectivity index (χ3v) is 9.62. The molecule has 10 nitrogen and oxygen atoms in total. The largest absolute Gasteiger partial charge is 0.449 e. The van der Waals surface area contributed by atoms with Gasteiger partial charge in [0.1, 0.15) is 4.21 Å². The zero-order chi connectivity index (χ0) is 26.7. The molecule has 0 radical (unpaired) electrons. The Hall–Kier alpha value is -3.26. The van der Waals surface area contributed by atoms with Crippen molar-refractivity contribution in [1.29, 1.82) is 0 Å². The molecule has 0 spiro atoms. The molecule has 2 aromatic carbocycles. The number of esters is 1. The van der Waals surface area contributed by atoms with Gasteiger partial charge in [0.25, 0.3) is 15.9 Å². The van der Waals surface area contributed by atoms with E-state index in [4.69, 9.17) is 4.74 Å². The Balaban J connectivity index is 1.76. The molecule has 192 valence electrons. The molecule has 0 aliphatic carbocycles. The molecular formula is C23H25N3O7S3. The fourth-order valence-corrected chi connectivity index (χ4v) is 5.98. The molecule has 1 heterocycles. The molecule has 0 bridgehead atoms. The van der Waals surface area contributed by atoms with Gasteiger partial charge in [-0.2, -0.15) is 0 Å². The van der Waals surface area contributed by atoms with Crippen LogP contribution in [0.3, 0.4) is 0 Å². The Bertz CT molecular complexity index is 1480. The fourth-order valence-electron chi connectivity index (χ4n) is 2.98. The molecule has 0 aliphatic rings. The monoisotopic (exact) mass is 551 g/mol. The first kappa shape index (κ1) is 27.3. The van der Waals surface area contributed by atoms with Gasteiger partial charge >= 0.3 is 5.97 Å². The summed E-state index contributed by atoms with van der Waals surface area (Å²) in [4.78, 5) is 25.5. The average molecular weight is 552 g/mol. The van der Waals surface area contributed by atoms with E-state index < -0.39 is 38.0 Å². The highest BCUT2D eigenvalue weighted by molar-refractivity contribution is 7.94. The van der Waals surface area contributed by atoms with Gasteiger partial charge in [-0.3, -0.25) is 9.52 Å². The van der Waals surface area contributed by atoms with Crippen molar-refractivity contribution in [1.82, 2.24) is 4.31 Å². The van der Waals surface area contributed by atoms with Gasteiger partial charge in [-0.1, -0.05) is 24.3 Å². The SMILES string of the molecule is Cc1ccc(S(=O)(=O)N(C)C)cc1NC(=O)[C@@H](C)OC(=O)c1ccccc1NS(=O)(=O)c1cccs1. The standard InChI is InChI=1S/C23H25N3O7S3/c1-15-11-12-17(36(31,32)26(3)4)14-20(15)24-22(27)16(2)33-23(28)18-8-5-6-9-19(18)25-35(29,30)21-10-7-13-34-21/h5-14,16,25H,1-4H3,(H,24,27)/t16-/m1/s1. The quantitative estimate of drug-likeness (QED) is 0.389. The lowest BCUT2D eigenvalue weighted by molar-refractivity contribution is -0.123. The zero-order valence-electron chi connectivity index (χ0n) is 19.9. The third kappa shape index (κ3) is 6.10. The highest BCUT2D eigenvalue weighted by Crippen LogP contribution is 2.25. The van der Waals surface area contributed by atoms with Gasteiger partial charge in [0.2, 0.25) is 10.0 Å². The summed E-state index contributed by atoms with van der Waals surface area (Å²) in [5.74, 6) is -1.61. The van der Waals surface area contributed by atoms with Gasteiger partial charge in [0.05, 0.1) is 16.1 Å². The Kier molecular flexibility index (Phi) is 8.19. The van der Waals surface area contributed by atoms with Gasteiger partial charge in [-0.05, 0) is 55.1 Å². The number of sulfonamides is 2. The summed E-state index contributed by atoms with van der Waals surface area (Å²) in [5.41, 5.74) is 0.774. The molecule has 0 saturated heterocycles. The highest BCUT2D eigenvalue weighted by atomic mass is 32.2. The maximum atomic E-state index is 12.8. The predicted octanol–water partition coefficient (Wildman–Crippen LogP) is 3.29. The number of hydrogen-bond acceptors (Lipinski definition) is 8. The van der Waals surface area contributed by atoms with Crippen LogP contribution < -0.4 is 10.0 Å². The normalized spacial score (nSPS) is 12.7.